The monoisotopic (exact) mass is 596 g/mol. The van der Waals surface area contributed by atoms with E-state index >= 15 is 0 Å². The highest BCUT2D eigenvalue weighted by Crippen LogP contribution is 2.42. The SMILES string of the molecule is Cc1ccccc1C(C)(C)c1cc(-c2ccccc2)c2ccc3c(-c4ccccc4)cc(C(C)(C)c4ccccc4C)nc3c2n1. The van der Waals surface area contributed by atoms with E-state index in [0.29, 0.717) is 0 Å². The molecule has 0 amide bonds. The van der Waals surface area contributed by atoms with Gasteiger partial charge in [0.15, 0.2) is 0 Å². The van der Waals surface area contributed by atoms with Crippen molar-refractivity contribution in [1.29, 1.82) is 0 Å². The molecule has 0 radical (unpaired) electrons. The van der Waals surface area contributed by atoms with Crippen molar-refractivity contribution >= 4 is 21.8 Å². The van der Waals surface area contributed by atoms with Gasteiger partial charge in [0.1, 0.15) is 0 Å². The Balaban J connectivity index is 1.61. The van der Waals surface area contributed by atoms with Gasteiger partial charge in [0.05, 0.1) is 22.4 Å². The largest absolute Gasteiger partial charge is 0.250 e. The van der Waals surface area contributed by atoms with Crippen molar-refractivity contribution in [1.82, 2.24) is 9.97 Å². The molecule has 0 N–H and O–H groups in total. The first-order valence-corrected chi connectivity index (χ1v) is 16.2. The number of aryl methyl sites for hydroxylation is 2. The van der Waals surface area contributed by atoms with Crippen LogP contribution >= 0.6 is 0 Å². The highest BCUT2D eigenvalue weighted by Gasteiger charge is 2.30. The van der Waals surface area contributed by atoms with E-state index in [1.54, 1.807) is 0 Å². The van der Waals surface area contributed by atoms with E-state index in [9.17, 15) is 0 Å². The highest BCUT2D eigenvalue weighted by molar-refractivity contribution is 6.12. The van der Waals surface area contributed by atoms with Crippen LogP contribution in [-0.4, -0.2) is 9.97 Å². The predicted octanol–water partition coefficient (Wildman–Crippen LogP) is 11.4. The van der Waals surface area contributed by atoms with Gasteiger partial charge in [0, 0.05) is 21.6 Å². The van der Waals surface area contributed by atoms with Crippen LogP contribution in [0.15, 0.2) is 133 Å². The third kappa shape index (κ3) is 4.99. The van der Waals surface area contributed by atoms with E-state index in [4.69, 9.17) is 9.97 Å². The maximum Gasteiger partial charge on any atom is 0.0974 e. The van der Waals surface area contributed by atoms with Crippen molar-refractivity contribution in [2.75, 3.05) is 0 Å². The molecule has 0 saturated carbocycles. The summed E-state index contributed by atoms with van der Waals surface area (Å²) in [6.07, 6.45) is 0. The number of nitrogens with zero attached hydrogens (tertiary/aromatic N) is 2. The van der Waals surface area contributed by atoms with Crippen molar-refractivity contribution in [2.45, 2.75) is 52.4 Å². The molecule has 5 aromatic carbocycles. The second-order valence-corrected chi connectivity index (χ2v) is 13.6. The third-order valence-electron chi connectivity index (χ3n) is 9.85. The number of hydrogen-bond acceptors (Lipinski definition) is 2. The van der Waals surface area contributed by atoms with Crippen LogP contribution in [0.2, 0.25) is 0 Å². The Morgan fingerprint density at radius 1 is 0.413 bits per heavy atom. The summed E-state index contributed by atoms with van der Waals surface area (Å²) >= 11 is 0. The van der Waals surface area contributed by atoms with Gasteiger partial charge in [-0.25, -0.2) is 9.97 Å². The zero-order valence-electron chi connectivity index (χ0n) is 27.6. The fourth-order valence-electron chi connectivity index (χ4n) is 7.15. The van der Waals surface area contributed by atoms with Crippen LogP contribution in [0.25, 0.3) is 44.1 Å². The Bertz CT molecular complexity index is 2050. The molecule has 2 aromatic heterocycles. The number of pyridine rings is 2. The van der Waals surface area contributed by atoms with Crippen molar-refractivity contribution in [2.24, 2.45) is 0 Å². The Hall–Kier alpha value is -5.08. The molecule has 226 valence electrons. The van der Waals surface area contributed by atoms with Gasteiger partial charge in [-0.1, -0.05) is 149 Å². The van der Waals surface area contributed by atoms with Crippen LogP contribution in [0, 0.1) is 13.8 Å². The van der Waals surface area contributed by atoms with Gasteiger partial charge in [0.2, 0.25) is 0 Å². The van der Waals surface area contributed by atoms with E-state index < -0.39 is 0 Å². The van der Waals surface area contributed by atoms with Gasteiger partial charge in [0.25, 0.3) is 0 Å². The fourth-order valence-corrected chi connectivity index (χ4v) is 7.15. The number of rotatable bonds is 6. The minimum absolute atomic E-state index is 0.328. The Kier molecular flexibility index (Phi) is 7.32. The number of aromatic nitrogens is 2. The lowest BCUT2D eigenvalue weighted by Gasteiger charge is -2.29. The van der Waals surface area contributed by atoms with E-state index in [2.05, 4.69) is 175 Å². The van der Waals surface area contributed by atoms with Gasteiger partial charge < -0.3 is 0 Å². The number of benzene rings is 5. The average Bonchev–Trinajstić information content (AvgIpc) is 3.08. The van der Waals surface area contributed by atoms with Crippen LogP contribution in [-0.2, 0) is 10.8 Å². The predicted molar refractivity (Wildman–Crippen MR) is 195 cm³/mol. The molecule has 0 atom stereocenters. The Morgan fingerprint density at radius 2 is 0.761 bits per heavy atom. The molecule has 0 bridgehead atoms. The normalized spacial score (nSPS) is 12.1. The summed E-state index contributed by atoms with van der Waals surface area (Å²) in [5.74, 6) is 0. The molecule has 0 aliphatic rings. The van der Waals surface area contributed by atoms with E-state index in [1.807, 2.05) is 0 Å². The number of hydrogen-bond donors (Lipinski definition) is 0. The fraction of sp³-hybridized carbons (Fsp3) is 0.182. The summed E-state index contributed by atoms with van der Waals surface area (Å²) in [7, 11) is 0. The molecule has 7 aromatic rings. The first kappa shape index (κ1) is 29.6. The first-order valence-electron chi connectivity index (χ1n) is 16.2. The minimum Gasteiger partial charge on any atom is -0.250 e. The van der Waals surface area contributed by atoms with E-state index in [-0.39, 0.29) is 10.8 Å². The van der Waals surface area contributed by atoms with Gasteiger partial charge >= 0.3 is 0 Å². The Labute approximate surface area is 272 Å². The molecule has 0 unspecified atom stereocenters. The molecule has 7 rings (SSSR count). The second-order valence-electron chi connectivity index (χ2n) is 13.6. The summed E-state index contributed by atoms with van der Waals surface area (Å²) in [5.41, 5.74) is 13.1. The molecule has 0 aliphatic carbocycles. The molecule has 0 saturated heterocycles. The molecule has 0 fully saturated rings. The summed E-state index contributed by atoms with van der Waals surface area (Å²) in [4.78, 5) is 11.1. The third-order valence-corrected chi connectivity index (χ3v) is 9.85. The average molecular weight is 597 g/mol. The van der Waals surface area contributed by atoms with Crippen molar-refractivity contribution in [3.8, 4) is 22.3 Å². The highest BCUT2D eigenvalue weighted by atomic mass is 14.8. The molecular formula is C44H40N2. The van der Waals surface area contributed by atoms with Crippen LogP contribution in [0.5, 0.6) is 0 Å². The van der Waals surface area contributed by atoms with Crippen LogP contribution < -0.4 is 0 Å². The maximum absolute atomic E-state index is 5.56. The molecule has 0 aliphatic heterocycles. The summed E-state index contributed by atoms with van der Waals surface area (Å²) < 4.78 is 0. The molecule has 46 heavy (non-hydrogen) atoms. The smallest absolute Gasteiger partial charge is 0.0974 e. The van der Waals surface area contributed by atoms with Gasteiger partial charge in [-0.2, -0.15) is 0 Å². The lowest BCUT2D eigenvalue weighted by atomic mass is 9.77. The zero-order chi connectivity index (χ0) is 32.1. The van der Waals surface area contributed by atoms with Crippen LogP contribution in [0.3, 0.4) is 0 Å². The lowest BCUT2D eigenvalue weighted by Crippen LogP contribution is -2.23. The molecule has 2 heterocycles. The van der Waals surface area contributed by atoms with Gasteiger partial charge in [-0.15, -0.1) is 0 Å². The topological polar surface area (TPSA) is 25.8 Å². The van der Waals surface area contributed by atoms with E-state index in [0.717, 1.165) is 33.2 Å². The van der Waals surface area contributed by atoms with Crippen molar-refractivity contribution in [3.63, 3.8) is 0 Å². The van der Waals surface area contributed by atoms with Gasteiger partial charge in [-0.05, 0) is 70.5 Å². The Morgan fingerprint density at radius 3 is 1.13 bits per heavy atom. The maximum atomic E-state index is 5.56. The van der Waals surface area contributed by atoms with Crippen LogP contribution in [0.1, 0.15) is 61.3 Å². The van der Waals surface area contributed by atoms with Gasteiger partial charge in [-0.3, -0.25) is 0 Å². The standard InChI is InChI=1S/C44H40N2/c1-29-17-13-15-23-37(29)43(3,4)39-27-35(31-19-9-7-10-20-31)33-25-26-34-36(32-21-11-8-12-22-32)28-40(46-42(34)41(33)45-39)44(5,6)38-24-16-14-18-30(38)2/h7-28H,1-6H3. The number of fused-ring (bicyclic) bond motifs is 3. The summed E-state index contributed by atoms with van der Waals surface area (Å²) in [5, 5.41) is 2.22. The first-order chi connectivity index (χ1) is 22.2. The minimum atomic E-state index is -0.328. The summed E-state index contributed by atoms with van der Waals surface area (Å²) in [6.45, 7) is 13.5. The van der Waals surface area contributed by atoms with E-state index in [1.165, 1.54) is 44.5 Å². The van der Waals surface area contributed by atoms with Crippen molar-refractivity contribution in [3.05, 3.63) is 167 Å². The second kappa shape index (κ2) is 11.4. The van der Waals surface area contributed by atoms with Crippen molar-refractivity contribution < 1.29 is 0 Å². The zero-order valence-corrected chi connectivity index (χ0v) is 27.6. The summed E-state index contributed by atoms with van der Waals surface area (Å²) in [6, 6.07) is 47.8. The molecular weight excluding hydrogens is 556 g/mol. The molecule has 2 heteroatoms. The molecule has 0 spiro atoms. The lowest BCUT2D eigenvalue weighted by molar-refractivity contribution is 0.614. The van der Waals surface area contributed by atoms with Crippen LogP contribution in [0.4, 0.5) is 0 Å². The molecule has 2 nitrogen and oxygen atoms in total. The quantitative estimate of drug-likeness (QED) is 0.178.